The van der Waals surface area contributed by atoms with E-state index in [4.69, 9.17) is 4.74 Å². The number of likely N-dealkylation sites (tertiary alicyclic amines) is 1. The molecule has 1 N–H and O–H groups in total. The maximum atomic E-state index is 13.0. The van der Waals surface area contributed by atoms with Crippen LogP contribution in [0.3, 0.4) is 0 Å². The first-order valence-electron chi connectivity index (χ1n) is 9.91. The molecule has 162 valence electrons. The Morgan fingerprint density at radius 1 is 1.27 bits per heavy atom. The number of nitrogens with zero attached hydrogens (tertiary/aromatic N) is 4. The number of ether oxygens (including phenoxy) is 1. The number of hydrogen-bond acceptors (Lipinski definition) is 5. The van der Waals surface area contributed by atoms with Gasteiger partial charge in [-0.15, -0.1) is 0 Å². The van der Waals surface area contributed by atoms with Gasteiger partial charge in [-0.05, 0) is 44.4 Å². The van der Waals surface area contributed by atoms with Crippen LogP contribution in [0.25, 0.3) is 11.1 Å². The molecule has 9 nitrogen and oxygen atoms in total. The fraction of sp³-hybridized carbons (Fsp3) is 0.500. The van der Waals surface area contributed by atoms with Gasteiger partial charge in [0.1, 0.15) is 5.60 Å². The molecule has 2 aromatic rings. The van der Waals surface area contributed by atoms with Crippen molar-refractivity contribution in [3.8, 4) is 11.1 Å². The summed E-state index contributed by atoms with van der Waals surface area (Å²) < 4.78 is 37.2. The zero-order valence-electron chi connectivity index (χ0n) is 17.6. The third kappa shape index (κ3) is 4.15. The summed E-state index contributed by atoms with van der Waals surface area (Å²) in [5.41, 5.74) is 2.71. The van der Waals surface area contributed by atoms with Gasteiger partial charge in [-0.2, -0.15) is 17.8 Å². The number of carbonyl (C=O) groups is 1. The fourth-order valence-electron chi connectivity index (χ4n) is 3.80. The van der Waals surface area contributed by atoms with E-state index in [0.29, 0.717) is 25.2 Å². The van der Waals surface area contributed by atoms with Crippen LogP contribution >= 0.6 is 0 Å². The average molecular weight is 434 g/mol. The van der Waals surface area contributed by atoms with E-state index in [-0.39, 0.29) is 12.6 Å². The highest BCUT2D eigenvalue weighted by Gasteiger charge is 2.40. The van der Waals surface area contributed by atoms with Crippen molar-refractivity contribution < 1.29 is 17.9 Å². The quantitative estimate of drug-likeness (QED) is 0.785. The summed E-state index contributed by atoms with van der Waals surface area (Å²) in [6, 6.07) is 5.45. The fourth-order valence-corrected chi connectivity index (χ4v) is 5.26. The first kappa shape index (κ1) is 20.7. The monoisotopic (exact) mass is 433 g/mol. The molecular weight excluding hydrogens is 406 g/mol. The van der Waals surface area contributed by atoms with E-state index in [9.17, 15) is 13.2 Å². The van der Waals surface area contributed by atoms with Crippen LogP contribution in [0.4, 0.5) is 10.5 Å². The second kappa shape index (κ2) is 7.28. The van der Waals surface area contributed by atoms with E-state index in [1.54, 1.807) is 15.8 Å². The Morgan fingerprint density at radius 2 is 2.03 bits per heavy atom. The minimum absolute atomic E-state index is 0.269. The van der Waals surface area contributed by atoms with Crippen LogP contribution in [-0.4, -0.2) is 58.2 Å². The standard InChI is InChI=1S/C20H27N5O4S/c1-20(2,3)29-19(26)24-8-7-17(13-24)25-12-15-6-5-14(16-10-21-23(4)11-16)9-18(15)22-30(25,27)28/h5-6,9-11,17,22H,7-8,12-13H2,1-4H3/t17-/m1/s1. The largest absolute Gasteiger partial charge is 0.444 e. The lowest BCUT2D eigenvalue weighted by molar-refractivity contribution is 0.0286. The highest BCUT2D eigenvalue weighted by atomic mass is 32.2. The SMILES string of the molecule is Cn1cc(-c2ccc3c(c2)NS(=O)(=O)N([C@@H]2CCN(C(=O)OC(C)(C)C)C2)C3)cn1. The minimum atomic E-state index is -3.71. The van der Waals surface area contributed by atoms with Gasteiger partial charge in [0, 0.05) is 44.5 Å². The first-order valence-corrected chi connectivity index (χ1v) is 11.4. The van der Waals surface area contributed by atoms with Crippen LogP contribution in [0.2, 0.25) is 0 Å². The number of aromatic nitrogens is 2. The van der Waals surface area contributed by atoms with E-state index >= 15 is 0 Å². The Kier molecular flexibility index (Phi) is 5.01. The third-order valence-electron chi connectivity index (χ3n) is 5.24. The van der Waals surface area contributed by atoms with Gasteiger partial charge in [-0.1, -0.05) is 12.1 Å². The van der Waals surface area contributed by atoms with Gasteiger partial charge in [0.25, 0.3) is 0 Å². The minimum Gasteiger partial charge on any atom is -0.444 e. The molecule has 2 aliphatic heterocycles. The number of anilines is 1. The molecule has 0 spiro atoms. The Bertz CT molecular complexity index is 1070. The molecule has 10 heteroatoms. The van der Waals surface area contributed by atoms with Gasteiger partial charge in [0.05, 0.1) is 11.9 Å². The molecule has 0 aliphatic carbocycles. The molecule has 30 heavy (non-hydrogen) atoms. The molecule has 4 rings (SSSR count). The molecule has 3 heterocycles. The first-order chi connectivity index (χ1) is 14.0. The summed E-state index contributed by atoms with van der Waals surface area (Å²) in [5, 5.41) is 4.17. The summed E-state index contributed by atoms with van der Waals surface area (Å²) in [5.74, 6) is 0. The normalized spacial score (nSPS) is 21.2. The summed E-state index contributed by atoms with van der Waals surface area (Å²) >= 11 is 0. The van der Waals surface area contributed by atoms with Gasteiger partial charge in [0.15, 0.2) is 0 Å². The number of carbonyl (C=O) groups excluding carboxylic acids is 1. The smallest absolute Gasteiger partial charge is 0.410 e. The van der Waals surface area contributed by atoms with Crippen molar-refractivity contribution in [2.24, 2.45) is 7.05 Å². The lowest BCUT2D eigenvalue weighted by Gasteiger charge is -2.33. The van der Waals surface area contributed by atoms with Gasteiger partial charge < -0.3 is 9.64 Å². The lowest BCUT2D eigenvalue weighted by Crippen LogP contribution is -2.47. The Morgan fingerprint density at radius 3 is 2.70 bits per heavy atom. The van der Waals surface area contributed by atoms with Gasteiger partial charge in [-0.3, -0.25) is 9.40 Å². The van der Waals surface area contributed by atoms with Crippen LogP contribution in [0.15, 0.2) is 30.6 Å². The van der Waals surface area contributed by atoms with E-state index < -0.39 is 21.9 Å². The number of hydrogen-bond donors (Lipinski definition) is 1. The zero-order chi connectivity index (χ0) is 21.7. The number of benzene rings is 1. The molecule has 1 aromatic heterocycles. The summed E-state index contributed by atoms with van der Waals surface area (Å²) in [4.78, 5) is 13.9. The predicted octanol–water partition coefficient (Wildman–Crippen LogP) is 2.57. The van der Waals surface area contributed by atoms with Crippen molar-refractivity contribution in [2.75, 3.05) is 17.8 Å². The molecule has 2 aliphatic rings. The van der Waals surface area contributed by atoms with Crippen molar-refractivity contribution in [1.82, 2.24) is 19.0 Å². The number of fused-ring (bicyclic) bond motifs is 1. The topological polar surface area (TPSA) is 96.8 Å². The van der Waals surface area contributed by atoms with Gasteiger partial charge >= 0.3 is 16.3 Å². The van der Waals surface area contributed by atoms with Gasteiger partial charge in [0.2, 0.25) is 0 Å². The molecule has 1 aromatic carbocycles. The second-order valence-corrected chi connectivity index (χ2v) is 10.4. The Labute approximate surface area is 176 Å². The molecule has 1 atom stereocenters. The number of amides is 1. The molecule has 1 fully saturated rings. The summed E-state index contributed by atoms with van der Waals surface area (Å²) in [6.45, 7) is 6.50. The van der Waals surface area contributed by atoms with Crippen LogP contribution in [-0.2, 0) is 28.5 Å². The van der Waals surface area contributed by atoms with Crippen LogP contribution in [0, 0.1) is 0 Å². The Hall–Kier alpha value is -2.59. The van der Waals surface area contributed by atoms with E-state index in [1.807, 2.05) is 52.2 Å². The highest BCUT2D eigenvalue weighted by molar-refractivity contribution is 7.90. The van der Waals surface area contributed by atoms with Crippen LogP contribution in [0.1, 0.15) is 32.8 Å². The molecule has 0 bridgehead atoms. The molecule has 0 unspecified atom stereocenters. The summed E-state index contributed by atoms with van der Waals surface area (Å²) in [7, 11) is -1.88. The van der Waals surface area contributed by atoms with Crippen molar-refractivity contribution in [2.45, 2.75) is 45.4 Å². The molecule has 1 amide bonds. The van der Waals surface area contributed by atoms with E-state index in [2.05, 4.69) is 9.82 Å². The van der Waals surface area contributed by atoms with Crippen LogP contribution in [0.5, 0.6) is 0 Å². The van der Waals surface area contributed by atoms with Crippen molar-refractivity contribution in [3.05, 3.63) is 36.2 Å². The zero-order valence-corrected chi connectivity index (χ0v) is 18.4. The predicted molar refractivity (Wildman–Crippen MR) is 113 cm³/mol. The highest BCUT2D eigenvalue weighted by Crippen LogP contribution is 2.33. The number of aryl methyl sites for hydroxylation is 1. The molecule has 0 saturated carbocycles. The molecule has 1 saturated heterocycles. The maximum absolute atomic E-state index is 13.0. The third-order valence-corrected chi connectivity index (χ3v) is 6.77. The van der Waals surface area contributed by atoms with Gasteiger partial charge in [-0.25, -0.2) is 4.79 Å². The van der Waals surface area contributed by atoms with E-state index in [1.165, 1.54) is 4.31 Å². The number of nitrogens with one attached hydrogen (secondary N) is 1. The summed E-state index contributed by atoms with van der Waals surface area (Å²) in [6.07, 6.45) is 3.79. The van der Waals surface area contributed by atoms with Crippen molar-refractivity contribution in [1.29, 1.82) is 0 Å². The Balaban J connectivity index is 1.52. The number of rotatable bonds is 2. The second-order valence-electron chi connectivity index (χ2n) is 8.80. The maximum Gasteiger partial charge on any atom is 0.410 e. The van der Waals surface area contributed by atoms with E-state index in [0.717, 1.165) is 16.7 Å². The molecule has 0 radical (unpaired) electrons. The van der Waals surface area contributed by atoms with Crippen molar-refractivity contribution in [3.63, 3.8) is 0 Å². The lowest BCUT2D eigenvalue weighted by atomic mass is 10.0. The molecular formula is C20H27N5O4S. The average Bonchev–Trinajstić information content (AvgIpc) is 3.27. The van der Waals surface area contributed by atoms with Crippen molar-refractivity contribution >= 4 is 22.0 Å². The van der Waals surface area contributed by atoms with Crippen LogP contribution < -0.4 is 4.72 Å².